The quantitative estimate of drug-likeness (QED) is 0.198. The summed E-state index contributed by atoms with van der Waals surface area (Å²) in [6, 6.07) is 20.4. The normalized spacial score (nSPS) is 10.6. The topological polar surface area (TPSA) is 78.2 Å². The number of aliphatic hydroxyl groups is 1. The molecule has 0 aliphatic heterocycles. The Labute approximate surface area is 208 Å². The number of thioether (sulfide) groups is 1. The van der Waals surface area contributed by atoms with E-state index in [0.717, 1.165) is 48.5 Å². The van der Waals surface area contributed by atoms with Gasteiger partial charge in [-0.2, -0.15) is 5.26 Å². The van der Waals surface area contributed by atoms with Crippen LogP contribution in [0.3, 0.4) is 0 Å². The first kappa shape index (κ1) is 23.8. The summed E-state index contributed by atoms with van der Waals surface area (Å²) in [5.74, 6) is 0.756. The Morgan fingerprint density at radius 2 is 2.00 bits per heavy atom. The Morgan fingerprint density at radius 1 is 1.15 bits per heavy atom. The number of rotatable bonds is 9. The van der Waals surface area contributed by atoms with E-state index in [-0.39, 0.29) is 6.61 Å². The number of aliphatic hydroxyl groups excluding tert-OH is 1. The van der Waals surface area contributed by atoms with Crippen molar-refractivity contribution in [1.29, 1.82) is 5.26 Å². The van der Waals surface area contributed by atoms with Gasteiger partial charge in [-0.05, 0) is 54.6 Å². The van der Waals surface area contributed by atoms with E-state index in [9.17, 15) is 5.26 Å². The number of benzene rings is 2. The summed E-state index contributed by atoms with van der Waals surface area (Å²) in [5.41, 5.74) is 6.66. The van der Waals surface area contributed by atoms with Crippen molar-refractivity contribution in [3.63, 3.8) is 0 Å². The maximum absolute atomic E-state index is 9.96. The number of hydrogen-bond acceptors (Lipinski definition) is 7. The number of aromatic nitrogens is 1. The summed E-state index contributed by atoms with van der Waals surface area (Å²) in [5, 5.41) is 22.4. The molecule has 172 valence electrons. The molecule has 2 N–H and O–H groups in total. The minimum atomic E-state index is 0.111. The van der Waals surface area contributed by atoms with Crippen LogP contribution in [0, 0.1) is 18.3 Å². The van der Waals surface area contributed by atoms with E-state index in [4.69, 9.17) is 9.84 Å². The molecule has 0 atom stereocenters. The van der Waals surface area contributed by atoms with Gasteiger partial charge >= 0.3 is 0 Å². The largest absolute Gasteiger partial charge is 0.493 e. The van der Waals surface area contributed by atoms with E-state index in [1.165, 1.54) is 0 Å². The van der Waals surface area contributed by atoms with Crippen molar-refractivity contribution in [3.8, 4) is 33.4 Å². The smallest absolute Gasteiger partial charge is 0.121 e. The van der Waals surface area contributed by atoms with Crippen molar-refractivity contribution in [2.75, 3.05) is 24.8 Å². The maximum Gasteiger partial charge on any atom is 0.121 e. The summed E-state index contributed by atoms with van der Waals surface area (Å²) >= 11 is 3.24. The number of nitrogens with zero attached hydrogens (tertiary/aromatic N) is 2. The summed E-state index contributed by atoms with van der Waals surface area (Å²) in [4.78, 5) is 5.35. The van der Waals surface area contributed by atoms with Crippen molar-refractivity contribution in [1.82, 2.24) is 4.98 Å². The fourth-order valence-corrected chi connectivity index (χ4v) is 5.68. The molecule has 2 aromatic carbocycles. The summed E-state index contributed by atoms with van der Waals surface area (Å²) in [7, 11) is 0. The van der Waals surface area contributed by atoms with Crippen LogP contribution in [0.1, 0.15) is 17.5 Å². The monoisotopic (exact) mass is 487 g/mol. The molecule has 0 fully saturated rings. The minimum absolute atomic E-state index is 0.111. The van der Waals surface area contributed by atoms with Crippen LogP contribution in [0.5, 0.6) is 5.75 Å². The molecular weight excluding hydrogens is 462 g/mol. The number of aryl methyl sites for hydroxylation is 1. The van der Waals surface area contributed by atoms with Gasteiger partial charge in [0.1, 0.15) is 11.8 Å². The van der Waals surface area contributed by atoms with Gasteiger partial charge in [0, 0.05) is 58.9 Å². The molecule has 5 nitrogen and oxygen atoms in total. The number of hydrogen-bond donors (Lipinski definition) is 2. The van der Waals surface area contributed by atoms with Crippen LogP contribution in [0.25, 0.3) is 21.6 Å². The van der Waals surface area contributed by atoms with Crippen LogP contribution in [0.2, 0.25) is 0 Å². The van der Waals surface area contributed by atoms with Gasteiger partial charge in [-0.25, -0.2) is 0 Å². The SMILES string of the molecule is CSc1sc(-c2cc(Nc3cccc(OCCCO)c3)ccc2C)c(-c2cccnc2)c1C#N. The standard InChI is InChI=1S/C27H25N3O2S2/c1-18-9-10-21(30-20-7-3-8-22(14-20)32-13-5-12-31)15-23(18)26-25(19-6-4-11-29-17-19)24(16-28)27(33-2)34-26/h3-4,6-11,14-15,17,30-31H,5,12-13H2,1-2H3. The highest BCUT2D eigenvalue weighted by molar-refractivity contribution is 8.00. The summed E-state index contributed by atoms with van der Waals surface area (Å²) in [6.07, 6.45) is 6.16. The molecule has 4 rings (SSSR count). The molecule has 2 aromatic heterocycles. The molecule has 0 saturated heterocycles. The average molecular weight is 488 g/mol. The van der Waals surface area contributed by atoms with E-state index in [1.807, 2.05) is 48.9 Å². The molecule has 0 spiro atoms. The molecule has 0 bridgehead atoms. The number of thiophene rings is 1. The Bertz CT molecular complexity index is 1310. The molecule has 0 radical (unpaired) electrons. The van der Waals surface area contributed by atoms with Crippen molar-refractivity contribution < 1.29 is 9.84 Å². The molecule has 0 saturated carbocycles. The molecule has 34 heavy (non-hydrogen) atoms. The summed E-state index contributed by atoms with van der Waals surface area (Å²) in [6.45, 7) is 2.68. The van der Waals surface area contributed by atoms with Crippen LogP contribution in [0.4, 0.5) is 11.4 Å². The van der Waals surface area contributed by atoms with Gasteiger partial charge in [0.2, 0.25) is 0 Å². The predicted octanol–water partition coefficient (Wildman–Crippen LogP) is 6.88. The molecule has 2 heterocycles. The van der Waals surface area contributed by atoms with Crippen LogP contribution in [-0.4, -0.2) is 29.6 Å². The Kier molecular flexibility index (Phi) is 7.86. The fraction of sp³-hybridized carbons (Fsp3) is 0.185. The average Bonchev–Trinajstić information content (AvgIpc) is 3.25. The van der Waals surface area contributed by atoms with Crippen LogP contribution >= 0.6 is 23.1 Å². The molecule has 7 heteroatoms. The second kappa shape index (κ2) is 11.2. The predicted molar refractivity (Wildman–Crippen MR) is 141 cm³/mol. The molecule has 0 aliphatic carbocycles. The maximum atomic E-state index is 9.96. The highest BCUT2D eigenvalue weighted by atomic mass is 32.2. The third-order valence-electron chi connectivity index (χ3n) is 5.30. The van der Waals surface area contributed by atoms with E-state index in [0.29, 0.717) is 18.6 Å². The molecule has 0 aliphatic rings. The Hall–Kier alpha value is -3.31. The number of nitriles is 1. The number of nitrogens with one attached hydrogen (secondary N) is 1. The second-order valence-electron chi connectivity index (χ2n) is 7.63. The van der Waals surface area contributed by atoms with Gasteiger partial charge in [0.05, 0.1) is 16.4 Å². The van der Waals surface area contributed by atoms with Crippen molar-refractivity contribution in [2.45, 2.75) is 17.6 Å². The zero-order chi connectivity index (χ0) is 23.9. The second-order valence-corrected chi connectivity index (χ2v) is 9.73. The van der Waals surface area contributed by atoms with Crippen LogP contribution in [0.15, 0.2) is 71.2 Å². The van der Waals surface area contributed by atoms with Crippen molar-refractivity contribution in [3.05, 3.63) is 78.1 Å². The highest BCUT2D eigenvalue weighted by Gasteiger charge is 2.22. The first-order chi connectivity index (χ1) is 16.6. The van der Waals surface area contributed by atoms with Crippen molar-refractivity contribution in [2.24, 2.45) is 0 Å². The van der Waals surface area contributed by atoms with E-state index < -0.39 is 0 Å². The third kappa shape index (κ3) is 5.26. The Balaban J connectivity index is 1.72. The van der Waals surface area contributed by atoms with E-state index in [2.05, 4.69) is 41.5 Å². The molecular formula is C27H25N3O2S2. The Morgan fingerprint density at radius 3 is 2.74 bits per heavy atom. The lowest BCUT2D eigenvalue weighted by Gasteiger charge is -2.13. The van der Waals surface area contributed by atoms with E-state index in [1.54, 1.807) is 29.3 Å². The lowest BCUT2D eigenvalue weighted by Crippen LogP contribution is -2.00. The van der Waals surface area contributed by atoms with E-state index >= 15 is 0 Å². The first-order valence-electron chi connectivity index (χ1n) is 10.9. The lowest BCUT2D eigenvalue weighted by molar-refractivity contribution is 0.233. The first-order valence-corrected chi connectivity index (χ1v) is 12.9. The van der Waals surface area contributed by atoms with Crippen LogP contribution < -0.4 is 10.1 Å². The zero-order valence-corrected chi connectivity index (χ0v) is 20.7. The van der Waals surface area contributed by atoms with Gasteiger partial charge in [0.15, 0.2) is 0 Å². The number of ether oxygens (including phenoxy) is 1. The minimum Gasteiger partial charge on any atom is -0.493 e. The summed E-state index contributed by atoms with van der Waals surface area (Å²) < 4.78 is 6.71. The van der Waals surface area contributed by atoms with Gasteiger partial charge in [-0.3, -0.25) is 4.98 Å². The van der Waals surface area contributed by atoms with Gasteiger partial charge in [-0.15, -0.1) is 23.1 Å². The lowest BCUT2D eigenvalue weighted by atomic mass is 9.97. The van der Waals surface area contributed by atoms with Crippen molar-refractivity contribution >= 4 is 34.5 Å². The van der Waals surface area contributed by atoms with Crippen LogP contribution in [-0.2, 0) is 0 Å². The van der Waals surface area contributed by atoms with Gasteiger partial charge in [0.25, 0.3) is 0 Å². The van der Waals surface area contributed by atoms with Gasteiger partial charge in [-0.1, -0.05) is 18.2 Å². The molecule has 0 amide bonds. The number of pyridine rings is 1. The molecule has 4 aromatic rings. The third-order valence-corrected chi connectivity index (χ3v) is 7.64. The number of anilines is 2. The van der Waals surface area contributed by atoms with Gasteiger partial charge < -0.3 is 15.2 Å². The fourth-order valence-electron chi connectivity index (χ4n) is 3.66. The highest BCUT2D eigenvalue weighted by Crippen LogP contribution is 2.47. The molecule has 0 unspecified atom stereocenters. The zero-order valence-electron chi connectivity index (χ0n) is 19.0.